The van der Waals surface area contributed by atoms with Crippen molar-refractivity contribution in [2.45, 2.75) is 25.7 Å². The number of rotatable bonds is 3. The highest BCUT2D eigenvalue weighted by Gasteiger charge is 2.20. The quantitative estimate of drug-likeness (QED) is 0.911. The maximum Gasteiger partial charge on any atom is 0.336 e. The fourth-order valence-corrected chi connectivity index (χ4v) is 2.88. The molecule has 1 aromatic heterocycles. The standard InChI is InChI=1S/C17H19N3O2/c1-11-9-15(13-6-2-3-7-14(13)17(21)22)20-16(19-11)12-5-4-8-18-10-12/h2-3,6-7,9,12,18H,4-5,8,10H2,1H3,(H,21,22). The van der Waals surface area contributed by atoms with Crippen molar-refractivity contribution in [2.24, 2.45) is 0 Å². The molecule has 5 nitrogen and oxygen atoms in total. The lowest BCUT2D eigenvalue weighted by atomic mass is 9.98. The third-order valence-corrected chi connectivity index (χ3v) is 3.97. The van der Waals surface area contributed by atoms with Crippen LogP contribution in [0.3, 0.4) is 0 Å². The third kappa shape index (κ3) is 2.99. The van der Waals surface area contributed by atoms with Crippen molar-refractivity contribution in [3.05, 3.63) is 47.4 Å². The molecule has 1 atom stereocenters. The molecule has 5 heteroatoms. The third-order valence-electron chi connectivity index (χ3n) is 3.97. The van der Waals surface area contributed by atoms with E-state index in [0.717, 1.165) is 37.4 Å². The molecule has 2 aromatic rings. The summed E-state index contributed by atoms with van der Waals surface area (Å²) in [7, 11) is 0. The highest BCUT2D eigenvalue weighted by molar-refractivity contribution is 5.95. The van der Waals surface area contributed by atoms with Gasteiger partial charge in [-0.3, -0.25) is 0 Å². The average molecular weight is 297 g/mol. The number of carbonyl (C=O) groups is 1. The molecular weight excluding hydrogens is 278 g/mol. The van der Waals surface area contributed by atoms with Crippen LogP contribution in [0, 0.1) is 6.92 Å². The second-order valence-electron chi connectivity index (χ2n) is 5.65. The number of aromatic nitrogens is 2. The zero-order chi connectivity index (χ0) is 15.5. The smallest absolute Gasteiger partial charge is 0.336 e. The summed E-state index contributed by atoms with van der Waals surface area (Å²) in [5, 5.41) is 12.7. The Bertz CT molecular complexity index is 694. The van der Waals surface area contributed by atoms with Gasteiger partial charge >= 0.3 is 5.97 Å². The van der Waals surface area contributed by atoms with Crippen molar-refractivity contribution in [1.82, 2.24) is 15.3 Å². The Labute approximate surface area is 129 Å². The molecule has 1 aliphatic rings. The molecule has 1 aliphatic heterocycles. The fraction of sp³-hybridized carbons (Fsp3) is 0.353. The normalized spacial score (nSPS) is 18.1. The predicted octanol–water partition coefficient (Wildman–Crippen LogP) is 2.62. The van der Waals surface area contributed by atoms with E-state index in [1.807, 2.05) is 19.1 Å². The van der Waals surface area contributed by atoms with Crippen molar-refractivity contribution in [1.29, 1.82) is 0 Å². The number of aryl methyl sites for hydroxylation is 1. The first-order valence-corrected chi connectivity index (χ1v) is 7.54. The van der Waals surface area contributed by atoms with Gasteiger partial charge in [-0.05, 0) is 38.4 Å². The number of hydrogen-bond donors (Lipinski definition) is 2. The molecule has 3 rings (SSSR count). The Morgan fingerprint density at radius 3 is 2.86 bits per heavy atom. The minimum atomic E-state index is -0.937. The molecule has 1 fully saturated rings. The van der Waals surface area contributed by atoms with E-state index in [4.69, 9.17) is 0 Å². The predicted molar refractivity (Wildman–Crippen MR) is 84.0 cm³/mol. The number of benzene rings is 1. The molecule has 0 radical (unpaired) electrons. The number of nitrogens with one attached hydrogen (secondary N) is 1. The van der Waals surface area contributed by atoms with Crippen LogP contribution in [0.5, 0.6) is 0 Å². The number of aromatic carboxylic acids is 1. The zero-order valence-electron chi connectivity index (χ0n) is 12.5. The Morgan fingerprint density at radius 2 is 2.14 bits per heavy atom. The molecule has 1 aromatic carbocycles. The number of hydrogen-bond acceptors (Lipinski definition) is 4. The van der Waals surface area contributed by atoms with Crippen molar-refractivity contribution in [2.75, 3.05) is 13.1 Å². The summed E-state index contributed by atoms with van der Waals surface area (Å²) in [5.41, 5.74) is 2.47. The summed E-state index contributed by atoms with van der Waals surface area (Å²) >= 11 is 0. The van der Waals surface area contributed by atoms with E-state index in [9.17, 15) is 9.90 Å². The first kappa shape index (κ1) is 14.7. The molecule has 0 aliphatic carbocycles. The highest BCUT2D eigenvalue weighted by atomic mass is 16.4. The summed E-state index contributed by atoms with van der Waals surface area (Å²) in [6, 6.07) is 8.82. The van der Waals surface area contributed by atoms with Gasteiger partial charge in [-0.2, -0.15) is 0 Å². The van der Waals surface area contributed by atoms with Crippen LogP contribution < -0.4 is 5.32 Å². The van der Waals surface area contributed by atoms with Gasteiger partial charge in [-0.1, -0.05) is 18.2 Å². The van der Waals surface area contributed by atoms with Gasteiger partial charge in [0.2, 0.25) is 0 Å². The summed E-state index contributed by atoms with van der Waals surface area (Å²) in [4.78, 5) is 20.6. The van der Waals surface area contributed by atoms with E-state index in [1.165, 1.54) is 0 Å². The van der Waals surface area contributed by atoms with Gasteiger partial charge in [0.15, 0.2) is 0 Å². The van der Waals surface area contributed by atoms with Crippen LogP contribution >= 0.6 is 0 Å². The number of nitrogens with zero attached hydrogens (tertiary/aromatic N) is 2. The lowest BCUT2D eigenvalue weighted by molar-refractivity contribution is 0.0697. The van der Waals surface area contributed by atoms with Crippen molar-refractivity contribution >= 4 is 5.97 Å². The number of piperidine rings is 1. The van der Waals surface area contributed by atoms with Crippen LogP contribution in [-0.4, -0.2) is 34.1 Å². The molecule has 0 amide bonds. The highest BCUT2D eigenvalue weighted by Crippen LogP contribution is 2.26. The molecule has 0 bridgehead atoms. The van der Waals surface area contributed by atoms with Crippen LogP contribution in [0.25, 0.3) is 11.3 Å². The van der Waals surface area contributed by atoms with Gasteiger partial charge in [0, 0.05) is 23.7 Å². The van der Waals surface area contributed by atoms with Crippen LogP contribution in [0.4, 0.5) is 0 Å². The molecule has 1 unspecified atom stereocenters. The molecule has 22 heavy (non-hydrogen) atoms. The fourth-order valence-electron chi connectivity index (χ4n) is 2.88. The lowest BCUT2D eigenvalue weighted by Crippen LogP contribution is -2.29. The topological polar surface area (TPSA) is 75.1 Å². The Morgan fingerprint density at radius 1 is 1.32 bits per heavy atom. The van der Waals surface area contributed by atoms with E-state index < -0.39 is 5.97 Å². The van der Waals surface area contributed by atoms with Crippen molar-refractivity contribution in [3.63, 3.8) is 0 Å². The van der Waals surface area contributed by atoms with E-state index in [2.05, 4.69) is 15.3 Å². The zero-order valence-corrected chi connectivity index (χ0v) is 12.5. The van der Waals surface area contributed by atoms with Gasteiger partial charge in [0.1, 0.15) is 5.82 Å². The average Bonchev–Trinajstić information content (AvgIpc) is 2.55. The van der Waals surface area contributed by atoms with Crippen LogP contribution in [0.2, 0.25) is 0 Å². The van der Waals surface area contributed by atoms with Crippen molar-refractivity contribution in [3.8, 4) is 11.3 Å². The molecular formula is C17H19N3O2. The Hall–Kier alpha value is -2.27. The lowest BCUT2D eigenvalue weighted by Gasteiger charge is -2.22. The number of carboxylic acids is 1. The van der Waals surface area contributed by atoms with Gasteiger partial charge in [0.05, 0.1) is 11.3 Å². The SMILES string of the molecule is Cc1cc(-c2ccccc2C(=O)O)nc(C2CCCNC2)n1. The van der Waals surface area contributed by atoms with Gasteiger partial charge in [0.25, 0.3) is 0 Å². The first-order chi connectivity index (χ1) is 10.6. The van der Waals surface area contributed by atoms with Gasteiger partial charge in [-0.15, -0.1) is 0 Å². The minimum absolute atomic E-state index is 0.272. The van der Waals surface area contributed by atoms with Gasteiger partial charge < -0.3 is 10.4 Å². The molecule has 2 heterocycles. The van der Waals surface area contributed by atoms with Crippen LogP contribution in [0.1, 0.15) is 40.6 Å². The molecule has 0 saturated carbocycles. The van der Waals surface area contributed by atoms with Crippen LogP contribution in [0.15, 0.2) is 30.3 Å². The van der Waals surface area contributed by atoms with Crippen molar-refractivity contribution < 1.29 is 9.90 Å². The van der Waals surface area contributed by atoms with Gasteiger partial charge in [-0.25, -0.2) is 14.8 Å². The summed E-state index contributed by atoms with van der Waals surface area (Å²) in [6.45, 7) is 3.84. The van der Waals surface area contributed by atoms with E-state index >= 15 is 0 Å². The molecule has 0 spiro atoms. The maximum atomic E-state index is 11.4. The monoisotopic (exact) mass is 297 g/mol. The Balaban J connectivity index is 2.04. The summed E-state index contributed by atoms with van der Waals surface area (Å²) < 4.78 is 0. The summed E-state index contributed by atoms with van der Waals surface area (Å²) in [5.74, 6) is 0.166. The molecule has 1 saturated heterocycles. The molecule has 2 N–H and O–H groups in total. The minimum Gasteiger partial charge on any atom is -0.478 e. The number of carboxylic acid groups (broad SMARTS) is 1. The second-order valence-corrected chi connectivity index (χ2v) is 5.65. The largest absolute Gasteiger partial charge is 0.478 e. The second kappa shape index (κ2) is 6.23. The van der Waals surface area contributed by atoms with E-state index in [-0.39, 0.29) is 5.56 Å². The van der Waals surface area contributed by atoms with E-state index in [1.54, 1.807) is 18.2 Å². The maximum absolute atomic E-state index is 11.4. The summed E-state index contributed by atoms with van der Waals surface area (Å²) in [6.07, 6.45) is 2.18. The molecule has 114 valence electrons. The van der Waals surface area contributed by atoms with E-state index in [0.29, 0.717) is 17.2 Å². The first-order valence-electron chi connectivity index (χ1n) is 7.54. The Kier molecular flexibility index (Phi) is 4.15. The van der Waals surface area contributed by atoms with Crippen LogP contribution in [-0.2, 0) is 0 Å².